The second-order valence-electron chi connectivity index (χ2n) is 8.15. The lowest BCUT2D eigenvalue weighted by Crippen LogP contribution is -2.30. The van der Waals surface area contributed by atoms with Gasteiger partial charge in [-0.2, -0.15) is 0 Å². The Hall–Kier alpha value is -3.35. The van der Waals surface area contributed by atoms with Gasteiger partial charge in [0.05, 0.1) is 7.11 Å². The Morgan fingerprint density at radius 3 is 2.28 bits per heavy atom. The lowest BCUT2D eigenvalue weighted by Gasteiger charge is -2.36. The number of hydrogen-bond donors (Lipinski definition) is 1. The molecule has 0 amide bonds. The number of rotatable bonds is 7. The first kappa shape index (κ1) is 21.9. The minimum atomic E-state index is -1.10. The fraction of sp³-hybridized carbons (Fsp3) is 0.400. The third-order valence-electron chi connectivity index (χ3n) is 6.05. The summed E-state index contributed by atoms with van der Waals surface area (Å²) >= 11 is 0. The number of ketones is 2. The Morgan fingerprint density at radius 2 is 1.75 bits per heavy atom. The minimum absolute atomic E-state index is 0.00313. The van der Waals surface area contributed by atoms with E-state index in [2.05, 4.69) is 6.58 Å². The van der Waals surface area contributed by atoms with Crippen LogP contribution in [0.5, 0.6) is 11.5 Å². The summed E-state index contributed by atoms with van der Waals surface area (Å²) in [5.41, 5.74) is 2.51. The number of allylic oxidation sites excluding steroid dienone is 5. The van der Waals surface area contributed by atoms with E-state index in [4.69, 9.17) is 19.3 Å². The monoisotopic (exact) mass is 438 g/mol. The highest BCUT2D eigenvalue weighted by atomic mass is 16.5. The van der Waals surface area contributed by atoms with Gasteiger partial charge in [-0.3, -0.25) is 9.59 Å². The van der Waals surface area contributed by atoms with Crippen molar-refractivity contribution in [3.05, 3.63) is 58.6 Å². The molecule has 0 fully saturated rings. The summed E-state index contributed by atoms with van der Waals surface area (Å²) in [6.07, 6.45) is 5.73. The fourth-order valence-corrected chi connectivity index (χ4v) is 4.76. The molecule has 0 radical (unpaired) electrons. The van der Waals surface area contributed by atoms with E-state index in [1.165, 1.54) is 7.11 Å². The third kappa shape index (κ3) is 3.95. The maximum absolute atomic E-state index is 13.0. The van der Waals surface area contributed by atoms with Gasteiger partial charge in [-0.1, -0.05) is 12.1 Å². The molecule has 168 valence electrons. The summed E-state index contributed by atoms with van der Waals surface area (Å²) in [5, 5.41) is 9.05. The van der Waals surface area contributed by atoms with Crippen LogP contribution in [-0.4, -0.2) is 36.4 Å². The smallest absolute Gasteiger partial charge is 0.341 e. The summed E-state index contributed by atoms with van der Waals surface area (Å²) < 4.78 is 17.1. The quantitative estimate of drug-likeness (QED) is 0.642. The molecule has 1 aromatic carbocycles. The molecule has 0 saturated carbocycles. The van der Waals surface area contributed by atoms with Crippen LogP contribution in [0.3, 0.4) is 0 Å². The first-order chi connectivity index (χ1) is 15.4. The fourth-order valence-electron chi connectivity index (χ4n) is 4.76. The molecule has 1 aromatic rings. The topological polar surface area (TPSA) is 99.1 Å². The molecule has 32 heavy (non-hydrogen) atoms. The molecule has 0 aromatic heterocycles. The van der Waals surface area contributed by atoms with Crippen molar-refractivity contribution in [2.45, 2.75) is 50.9 Å². The summed E-state index contributed by atoms with van der Waals surface area (Å²) in [7, 11) is 1.47. The zero-order valence-electron chi connectivity index (χ0n) is 18.1. The van der Waals surface area contributed by atoms with Gasteiger partial charge < -0.3 is 19.3 Å². The van der Waals surface area contributed by atoms with Gasteiger partial charge in [0.2, 0.25) is 0 Å². The lowest BCUT2D eigenvalue weighted by molar-refractivity contribution is -0.139. The van der Waals surface area contributed by atoms with Gasteiger partial charge in [0.1, 0.15) is 11.5 Å². The predicted molar refractivity (Wildman–Crippen MR) is 116 cm³/mol. The van der Waals surface area contributed by atoms with Crippen LogP contribution in [-0.2, 0) is 25.5 Å². The van der Waals surface area contributed by atoms with Gasteiger partial charge in [0, 0.05) is 48.3 Å². The molecule has 7 nitrogen and oxygen atoms in total. The zero-order valence-corrected chi connectivity index (χ0v) is 18.1. The van der Waals surface area contributed by atoms with Gasteiger partial charge in [-0.15, -0.1) is 6.58 Å². The van der Waals surface area contributed by atoms with Crippen molar-refractivity contribution in [2.75, 3.05) is 13.7 Å². The molecule has 0 saturated heterocycles. The number of benzene rings is 1. The number of Topliss-reactive ketones (excluding diaryl/α,β-unsaturated/α-hetero) is 2. The van der Waals surface area contributed by atoms with E-state index < -0.39 is 18.5 Å². The van der Waals surface area contributed by atoms with Crippen LogP contribution in [0, 0.1) is 0 Å². The maximum atomic E-state index is 13.0. The van der Waals surface area contributed by atoms with Crippen molar-refractivity contribution < 1.29 is 33.7 Å². The van der Waals surface area contributed by atoms with Crippen LogP contribution in [0.15, 0.2) is 47.5 Å². The van der Waals surface area contributed by atoms with Crippen molar-refractivity contribution in [1.29, 1.82) is 0 Å². The van der Waals surface area contributed by atoms with Crippen LogP contribution in [0.25, 0.3) is 0 Å². The van der Waals surface area contributed by atoms with E-state index in [0.717, 1.165) is 18.4 Å². The number of carboxylic acids is 1. The first-order valence-corrected chi connectivity index (χ1v) is 10.8. The molecule has 7 heteroatoms. The predicted octanol–water partition coefficient (Wildman–Crippen LogP) is 4.02. The van der Waals surface area contributed by atoms with Gasteiger partial charge >= 0.3 is 5.97 Å². The second kappa shape index (κ2) is 9.02. The Labute approximate surface area is 186 Å². The second-order valence-corrected chi connectivity index (χ2v) is 8.15. The number of ether oxygens (including phenoxy) is 3. The number of aliphatic carboxylic acids is 1. The molecule has 0 unspecified atom stereocenters. The largest absolute Gasteiger partial charge is 0.493 e. The van der Waals surface area contributed by atoms with Crippen molar-refractivity contribution >= 4 is 17.5 Å². The number of carbonyl (C=O) groups excluding carboxylic acids is 2. The highest BCUT2D eigenvalue weighted by Gasteiger charge is 2.42. The van der Waals surface area contributed by atoms with Gasteiger partial charge in [0.25, 0.3) is 0 Å². The molecule has 2 aliphatic carbocycles. The number of methoxy groups -OCH3 is 1. The molecular formula is C25H26O7. The van der Waals surface area contributed by atoms with E-state index in [1.54, 1.807) is 12.1 Å². The first-order valence-electron chi connectivity index (χ1n) is 10.8. The summed E-state index contributed by atoms with van der Waals surface area (Å²) in [6.45, 7) is 3.27. The number of carboxylic acid groups (broad SMARTS) is 1. The molecule has 0 bridgehead atoms. The molecule has 1 aliphatic heterocycles. The molecule has 1 N–H and O–H groups in total. The molecule has 1 heterocycles. The van der Waals surface area contributed by atoms with Gasteiger partial charge in [0.15, 0.2) is 29.7 Å². The Bertz CT molecular complexity index is 1020. The van der Waals surface area contributed by atoms with E-state index in [-0.39, 0.29) is 11.6 Å². The maximum Gasteiger partial charge on any atom is 0.341 e. The summed E-state index contributed by atoms with van der Waals surface area (Å²) in [5.74, 6) is 0.357. The zero-order chi connectivity index (χ0) is 22.8. The highest BCUT2D eigenvalue weighted by Crippen LogP contribution is 2.49. The molecule has 0 spiro atoms. The molecule has 3 aliphatic rings. The van der Waals surface area contributed by atoms with E-state index >= 15 is 0 Å². The van der Waals surface area contributed by atoms with Crippen molar-refractivity contribution in [1.82, 2.24) is 0 Å². The summed E-state index contributed by atoms with van der Waals surface area (Å²) in [4.78, 5) is 37.0. The Kier molecular flexibility index (Phi) is 6.17. The average molecular weight is 438 g/mol. The Balaban J connectivity index is 1.90. The van der Waals surface area contributed by atoms with Crippen molar-refractivity contribution in [3.8, 4) is 11.5 Å². The van der Waals surface area contributed by atoms with Crippen LogP contribution in [0.4, 0.5) is 0 Å². The van der Waals surface area contributed by atoms with Gasteiger partial charge in [-0.25, -0.2) is 4.79 Å². The van der Waals surface area contributed by atoms with Gasteiger partial charge in [-0.05, 0) is 30.9 Å². The highest BCUT2D eigenvalue weighted by molar-refractivity contribution is 6.05. The third-order valence-corrected chi connectivity index (χ3v) is 6.05. The standard InChI is InChI=1S/C25H26O7/c1-3-6-14-11-15(12-20(30-2)25(14)31-13-21(28)29)22-23-16(26)7-4-9-18(23)32-19-10-5-8-17(27)24(19)22/h3,11-12,22H,1,4-10,13H2,2H3,(H,28,29). The Morgan fingerprint density at radius 1 is 1.12 bits per heavy atom. The summed E-state index contributed by atoms with van der Waals surface area (Å²) in [6, 6.07) is 3.59. The van der Waals surface area contributed by atoms with Crippen molar-refractivity contribution in [2.24, 2.45) is 0 Å². The van der Waals surface area contributed by atoms with E-state index in [1.807, 2.05) is 6.07 Å². The van der Waals surface area contributed by atoms with Crippen molar-refractivity contribution in [3.63, 3.8) is 0 Å². The molecular weight excluding hydrogens is 412 g/mol. The normalized spacial score (nSPS) is 18.7. The minimum Gasteiger partial charge on any atom is -0.493 e. The van der Waals surface area contributed by atoms with Crippen LogP contribution in [0.1, 0.15) is 55.6 Å². The SMILES string of the molecule is C=CCc1cc(C2C3=C(CCCC3=O)OC3=C2C(=O)CCC3)cc(OC)c1OCC(=O)O. The van der Waals surface area contributed by atoms with Crippen LogP contribution in [0.2, 0.25) is 0 Å². The van der Waals surface area contributed by atoms with E-state index in [9.17, 15) is 14.4 Å². The van der Waals surface area contributed by atoms with E-state index in [0.29, 0.717) is 71.8 Å². The van der Waals surface area contributed by atoms with Crippen LogP contribution < -0.4 is 9.47 Å². The van der Waals surface area contributed by atoms with Crippen LogP contribution >= 0.6 is 0 Å². The number of hydrogen-bond acceptors (Lipinski definition) is 6. The molecule has 4 rings (SSSR count). The molecule has 0 atom stereocenters. The lowest BCUT2D eigenvalue weighted by atomic mass is 9.73. The number of carbonyl (C=O) groups is 3. The average Bonchev–Trinajstić information content (AvgIpc) is 2.77.